The highest BCUT2D eigenvalue weighted by Gasteiger charge is 2.26. The average Bonchev–Trinajstić information content (AvgIpc) is 2.80. The summed E-state index contributed by atoms with van der Waals surface area (Å²) in [6, 6.07) is 8.34. The smallest absolute Gasteiger partial charge is 0.236 e. The number of carbonyl (C=O) groups is 2. The number of rotatable bonds is 5. The molecule has 0 spiro atoms. The van der Waals surface area contributed by atoms with Crippen LogP contribution < -0.4 is 9.80 Å². The molecule has 3 heterocycles. The standard InChI is InChI=1S/C23H27ClFN5O2/c1-17(31)18-2-4-21(20(25)14-18)28-10-12-30(13-11-28)23(32)16-27-6-8-29(9-7-27)22-5-3-19(24)15-26-22/h2-5,14-15H,6-13,16H2,1H3. The Bertz CT molecular complexity index is 971. The Hall–Kier alpha value is -2.71. The minimum Gasteiger partial charge on any atom is -0.366 e. The lowest BCUT2D eigenvalue weighted by molar-refractivity contribution is -0.132. The van der Waals surface area contributed by atoms with E-state index in [-0.39, 0.29) is 11.7 Å². The van der Waals surface area contributed by atoms with Crippen molar-refractivity contribution in [2.24, 2.45) is 0 Å². The molecular formula is C23H27ClFN5O2. The molecule has 2 saturated heterocycles. The van der Waals surface area contributed by atoms with Crippen LogP contribution in [0.25, 0.3) is 0 Å². The summed E-state index contributed by atoms with van der Waals surface area (Å²) >= 11 is 5.91. The zero-order valence-electron chi connectivity index (χ0n) is 18.1. The number of piperazine rings is 2. The Morgan fingerprint density at radius 1 is 0.969 bits per heavy atom. The molecule has 0 aliphatic carbocycles. The fourth-order valence-corrected chi connectivity index (χ4v) is 4.27. The molecule has 0 N–H and O–H groups in total. The summed E-state index contributed by atoms with van der Waals surface area (Å²) in [6.45, 7) is 7.28. The zero-order chi connectivity index (χ0) is 22.7. The van der Waals surface area contributed by atoms with Crippen molar-refractivity contribution in [1.29, 1.82) is 0 Å². The Kier molecular flexibility index (Phi) is 6.91. The van der Waals surface area contributed by atoms with Gasteiger partial charge in [0.25, 0.3) is 0 Å². The van der Waals surface area contributed by atoms with E-state index in [1.54, 1.807) is 18.3 Å². The van der Waals surface area contributed by atoms with E-state index in [4.69, 9.17) is 11.6 Å². The number of carbonyl (C=O) groups excluding carboxylic acids is 2. The number of pyridine rings is 1. The number of benzene rings is 1. The Balaban J connectivity index is 1.25. The second kappa shape index (κ2) is 9.83. The number of nitrogens with zero attached hydrogens (tertiary/aromatic N) is 5. The highest BCUT2D eigenvalue weighted by molar-refractivity contribution is 6.30. The Morgan fingerprint density at radius 2 is 1.66 bits per heavy atom. The van der Waals surface area contributed by atoms with Crippen LogP contribution in [-0.2, 0) is 4.79 Å². The molecule has 1 amide bonds. The Labute approximate surface area is 192 Å². The minimum atomic E-state index is -0.398. The van der Waals surface area contributed by atoms with Gasteiger partial charge < -0.3 is 14.7 Å². The molecular weight excluding hydrogens is 433 g/mol. The number of hydrogen-bond donors (Lipinski definition) is 0. The fraction of sp³-hybridized carbons (Fsp3) is 0.435. The van der Waals surface area contributed by atoms with Gasteiger partial charge in [-0.3, -0.25) is 14.5 Å². The first-order chi connectivity index (χ1) is 15.4. The number of Topliss-reactive ketones (excluding diaryl/α,β-unsaturated/α-hetero) is 1. The highest BCUT2D eigenvalue weighted by Crippen LogP contribution is 2.22. The number of anilines is 2. The van der Waals surface area contributed by atoms with Gasteiger partial charge >= 0.3 is 0 Å². The van der Waals surface area contributed by atoms with Crippen LogP contribution in [0.5, 0.6) is 0 Å². The van der Waals surface area contributed by atoms with Gasteiger partial charge in [0.1, 0.15) is 11.6 Å². The quantitative estimate of drug-likeness (QED) is 0.640. The van der Waals surface area contributed by atoms with E-state index in [2.05, 4.69) is 14.8 Å². The van der Waals surface area contributed by atoms with E-state index in [0.717, 1.165) is 32.0 Å². The minimum absolute atomic E-state index is 0.107. The largest absolute Gasteiger partial charge is 0.366 e. The van der Waals surface area contributed by atoms with Crippen LogP contribution in [0.1, 0.15) is 17.3 Å². The summed E-state index contributed by atoms with van der Waals surface area (Å²) in [5.41, 5.74) is 0.848. The monoisotopic (exact) mass is 459 g/mol. The van der Waals surface area contributed by atoms with Crippen LogP contribution in [-0.4, -0.2) is 85.4 Å². The third kappa shape index (κ3) is 5.19. The molecule has 2 aromatic rings. The van der Waals surface area contributed by atoms with Gasteiger partial charge in [0.15, 0.2) is 5.78 Å². The van der Waals surface area contributed by atoms with Gasteiger partial charge in [0, 0.05) is 64.1 Å². The first-order valence-corrected chi connectivity index (χ1v) is 11.2. The maximum Gasteiger partial charge on any atom is 0.236 e. The van der Waals surface area contributed by atoms with Crippen molar-refractivity contribution in [2.75, 3.05) is 68.7 Å². The topological polar surface area (TPSA) is 60.0 Å². The predicted molar refractivity (Wildman–Crippen MR) is 123 cm³/mol. The van der Waals surface area contributed by atoms with Crippen LogP contribution in [0, 0.1) is 5.82 Å². The molecule has 7 nitrogen and oxygen atoms in total. The first-order valence-electron chi connectivity index (χ1n) is 10.8. The van der Waals surface area contributed by atoms with Gasteiger partial charge in [-0.05, 0) is 37.3 Å². The molecule has 2 aliphatic heterocycles. The van der Waals surface area contributed by atoms with Crippen molar-refractivity contribution in [1.82, 2.24) is 14.8 Å². The molecule has 4 rings (SSSR count). The molecule has 2 aliphatic rings. The van der Waals surface area contributed by atoms with Gasteiger partial charge in [-0.2, -0.15) is 0 Å². The molecule has 9 heteroatoms. The van der Waals surface area contributed by atoms with Gasteiger partial charge in [-0.1, -0.05) is 11.6 Å². The molecule has 0 atom stereocenters. The predicted octanol–water partition coefficient (Wildman–Crippen LogP) is 2.55. The van der Waals surface area contributed by atoms with Crippen molar-refractivity contribution in [3.05, 3.63) is 52.9 Å². The molecule has 0 unspecified atom stereocenters. The van der Waals surface area contributed by atoms with Crippen molar-refractivity contribution in [3.8, 4) is 0 Å². The van der Waals surface area contributed by atoms with Crippen LogP contribution in [0.2, 0.25) is 5.02 Å². The molecule has 0 bridgehead atoms. The number of amides is 1. The van der Waals surface area contributed by atoms with E-state index in [1.807, 2.05) is 21.9 Å². The van der Waals surface area contributed by atoms with E-state index < -0.39 is 5.82 Å². The number of ketones is 1. The van der Waals surface area contributed by atoms with E-state index in [1.165, 1.54) is 13.0 Å². The molecule has 0 radical (unpaired) electrons. The maximum atomic E-state index is 14.4. The van der Waals surface area contributed by atoms with Gasteiger partial charge in [-0.15, -0.1) is 0 Å². The summed E-state index contributed by atoms with van der Waals surface area (Å²) in [5, 5.41) is 0.619. The van der Waals surface area contributed by atoms with E-state index in [0.29, 0.717) is 49.0 Å². The van der Waals surface area contributed by atoms with Crippen LogP contribution >= 0.6 is 11.6 Å². The SMILES string of the molecule is CC(=O)c1ccc(N2CCN(C(=O)CN3CCN(c4ccc(Cl)cn4)CC3)CC2)c(F)c1. The van der Waals surface area contributed by atoms with Crippen molar-refractivity contribution in [3.63, 3.8) is 0 Å². The lowest BCUT2D eigenvalue weighted by Gasteiger charge is -2.39. The van der Waals surface area contributed by atoms with E-state index >= 15 is 0 Å². The molecule has 0 saturated carbocycles. The lowest BCUT2D eigenvalue weighted by atomic mass is 10.1. The summed E-state index contributed by atoms with van der Waals surface area (Å²) in [4.78, 5) is 36.7. The third-order valence-corrected chi connectivity index (χ3v) is 6.32. The summed E-state index contributed by atoms with van der Waals surface area (Å²) in [5.74, 6) is 0.455. The van der Waals surface area contributed by atoms with Crippen molar-refractivity contribution in [2.45, 2.75) is 6.92 Å². The Morgan fingerprint density at radius 3 is 2.25 bits per heavy atom. The summed E-state index contributed by atoms with van der Waals surface area (Å²) in [7, 11) is 0. The van der Waals surface area contributed by atoms with Crippen molar-refractivity contribution >= 4 is 34.8 Å². The molecule has 32 heavy (non-hydrogen) atoms. The summed E-state index contributed by atoms with van der Waals surface area (Å²) < 4.78 is 14.4. The van der Waals surface area contributed by atoms with E-state index in [9.17, 15) is 14.0 Å². The normalized spacial score (nSPS) is 17.5. The lowest BCUT2D eigenvalue weighted by Crippen LogP contribution is -2.54. The molecule has 1 aromatic heterocycles. The number of halogens is 2. The summed E-state index contributed by atoms with van der Waals surface area (Å²) in [6.07, 6.45) is 1.65. The first kappa shape index (κ1) is 22.5. The molecule has 2 fully saturated rings. The number of hydrogen-bond acceptors (Lipinski definition) is 6. The van der Waals surface area contributed by atoms with Gasteiger partial charge in [0.2, 0.25) is 5.91 Å². The van der Waals surface area contributed by atoms with Crippen LogP contribution in [0.15, 0.2) is 36.5 Å². The van der Waals surface area contributed by atoms with Gasteiger partial charge in [-0.25, -0.2) is 9.37 Å². The zero-order valence-corrected chi connectivity index (χ0v) is 18.9. The van der Waals surface area contributed by atoms with Crippen LogP contribution in [0.4, 0.5) is 15.9 Å². The fourth-order valence-electron chi connectivity index (χ4n) is 4.16. The van der Waals surface area contributed by atoms with Gasteiger partial charge in [0.05, 0.1) is 17.3 Å². The maximum absolute atomic E-state index is 14.4. The average molecular weight is 460 g/mol. The van der Waals surface area contributed by atoms with Crippen LogP contribution in [0.3, 0.4) is 0 Å². The van der Waals surface area contributed by atoms with Crippen molar-refractivity contribution < 1.29 is 14.0 Å². The highest BCUT2D eigenvalue weighted by atomic mass is 35.5. The second-order valence-corrected chi connectivity index (χ2v) is 8.62. The third-order valence-electron chi connectivity index (χ3n) is 6.09. The second-order valence-electron chi connectivity index (χ2n) is 8.19. The molecule has 170 valence electrons. The number of aromatic nitrogens is 1. The molecule has 1 aromatic carbocycles.